The highest BCUT2D eigenvalue weighted by atomic mass is 35.5. The Balaban J connectivity index is 1.44. The van der Waals surface area contributed by atoms with Gasteiger partial charge < -0.3 is 20.3 Å². The molecule has 1 fully saturated rings. The molecule has 2 N–H and O–H groups in total. The molecule has 0 unspecified atom stereocenters. The summed E-state index contributed by atoms with van der Waals surface area (Å²) >= 11 is 12.0. The number of carbonyl (C=O) groups excluding carboxylic acids is 1. The lowest BCUT2D eigenvalue weighted by Crippen LogP contribution is -2.36. The maximum Gasteiger partial charge on any atom is 0.323 e. The van der Waals surface area contributed by atoms with E-state index in [1.165, 1.54) is 0 Å². The van der Waals surface area contributed by atoms with E-state index in [1.807, 2.05) is 30.3 Å². The van der Waals surface area contributed by atoms with Crippen molar-refractivity contribution in [3.8, 4) is 11.3 Å². The van der Waals surface area contributed by atoms with E-state index >= 15 is 0 Å². The van der Waals surface area contributed by atoms with E-state index in [9.17, 15) is 4.79 Å². The van der Waals surface area contributed by atoms with Crippen molar-refractivity contribution in [3.05, 3.63) is 64.6 Å². The lowest BCUT2D eigenvalue weighted by atomic mass is 10.1. The fourth-order valence-electron chi connectivity index (χ4n) is 3.07. The van der Waals surface area contributed by atoms with E-state index in [0.29, 0.717) is 40.3 Å². The van der Waals surface area contributed by atoms with Crippen molar-refractivity contribution in [1.29, 1.82) is 0 Å². The molecule has 9 heteroatoms. The van der Waals surface area contributed by atoms with Crippen LogP contribution in [0.3, 0.4) is 0 Å². The maximum absolute atomic E-state index is 12.3. The number of halogens is 2. The summed E-state index contributed by atoms with van der Waals surface area (Å²) in [6.07, 6.45) is 0. The van der Waals surface area contributed by atoms with Gasteiger partial charge in [0.1, 0.15) is 0 Å². The molecule has 1 aliphatic rings. The zero-order valence-corrected chi connectivity index (χ0v) is 17.5. The predicted octanol–water partition coefficient (Wildman–Crippen LogP) is 4.93. The van der Waals surface area contributed by atoms with E-state index in [1.54, 1.807) is 24.3 Å². The molecule has 2 heterocycles. The number of rotatable bonds is 4. The normalized spacial score (nSPS) is 13.7. The van der Waals surface area contributed by atoms with Crippen LogP contribution in [0.1, 0.15) is 0 Å². The largest absolute Gasteiger partial charge is 0.378 e. The first-order valence-corrected chi connectivity index (χ1v) is 10.1. The Morgan fingerprint density at radius 2 is 1.80 bits per heavy atom. The van der Waals surface area contributed by atoms with Gasteiger partial charge >= 0.3 is 6.03 Å². The number of ether oxygens (including phenoxy) is 1. The van der Waals surface area contributed by atoms with Crippen LogP contribution in [0.15, 0.2) is 54.6 Å². The fourth-order valence-corrected chi connectivity index (χ4v) is 3.41. The van der Waals surface area contributed by atoms with E-state index in [2.05, 4.69) is 25.7 Å². The van der Waals surface area contributed by atoms with Crippen molar-refractivity contribution in [2.24, 2.45) is 0 Å². The predicted molar refractivity (Wildman–Crippen MR) is 120 cm³/mol. The minimum absolute atomic E-state index is 0.402. The van der Waals surface area contributed by atoms with Gasteiger partial charge in [0.2, 0.25) is 0 Å². The third-order valence-corrected chi connectivity index (χ3v) is 5.14. The van der Waals surface area contributed by atoms with Gasteiger partial charge in [-0.05, 0) is 42.5 Å². The van der Waals surface area contributed by atoms with Gasteiger partial charge in [-0.1, -0.05) is 35.3 Å². The van der Waals surface area contributed by atoms with Gasteiger partial charge in [-0.3, -0.25) is 0 Å². The number of benzene rings is 2. The molecular formula is C21H19Cl2N5O2. The van der Waals surface area contributed by atoms with Crippen molar-refractivity contribution in [2.75, 3.05) is 41.8 Å². The highest BCUT2D eigenvalue weighted by molar-refractivity contribution is 6.35. The molecule has 154 valence electrons. The Labute approximate surface area is 184 Å². The summed E-state index contributed by atoms with van der Waals surface area (Å²) < 4.78 is 5.37. The van der Waals surface area contributed by atoms with Crippen molar-refractivity contribution in [1.82, 2.24) is 10.2 Å². The lowest BCUT2D eigenvalue weighted by molar-refractivity contribution is 0.122. The number of amides is 2. The van der Waals surface area contributed by atoms with E-state index in [0.717, 1.165) is 24.5 Å². The second-order valence-corrected chi connectivity index (χ2v) is 7.50. The molecule has 0 spiro atoms. The van der Waals surface area contributed by atoms with Gasteiger partial charge in [-0.15, -0.1) is 10.2 Å². The molecule has 1 saturated heterocycles. The van der Waals surface area contributed by atoms with Crippen LogP contribution in [0.25, 0.3) is 11.3 Å². The molecule has 0 radical (unpaired) electrons. The topological polar surface area (TPSA) is 79.4 Å². The molecule has 1 aromatic heterocycles. The Morgan fingerprint density at radius 1 is 0.967 bits per heavy atom. The van der Waals surface area contributed by atoms with Crippen LogP contribution in [-0.2, 0) is 4.74 Å². The third kappa shape index (κ3) is 4.99. The van der Waals surface area contributed by atoms with Crippen LogP contribution >= 0.6 is 23.2 Å². The third-order valence-electron chi connectivity index (χ3n) is 4.58. The molecule has 0 bridgehead atoms. The summed E-state index contributed by atoms with van der Waals surface area (Å²) in [5.74, 6) is 0.828. The second kappa shape index (κ2) is 9.30. The standard InChI is InChI=1S/C21H19Cl2N5O2/c22-15-4-5-17(23)19(13-15)25-21(29)24-16-3-1-2-14(12-16)18-6-7-20(27-26-18)28-8-10-30-11-9-28/h1-7,12-13H,8-11H2,(H2,24,25,29). The highest BCUT2D eigenvalue weighted by Gasteiger charge is 2.13. The van der Waals surface area contributed by atoms with Crippen molar-refractivity contribution >= 4 is 46.4 Å². The zero-order chi connectivity index (χ0) is 20.9. The quantitative estimate of drug-likeness (QED) is 0.597. The Morgan fingerprint density at radius 3 is 2.57 bits per heavy atom. The van der Waals surface area contributed by atoms with Crippen LogP contribution in [0.4, 0.5) is 22.0 Å². The molecule has 3 aromatic rings. The van der Waals surface area contributed by atoms with Gasteiger partial charge in [0, 0.05) is 29.4 Å². The average Bonchev–Trinajstić information content (AvgIpc) is 2.77. The van der Waals surface area contributed by atoms with E-state index < -0.39 is 6.03 Å². The summed E-state index contributed by atoms with van der Waals surface area (Å²) in [5, 5.41) is 15.0. The molecule has 0 saturated carbocycles. The molecular weight excluding hydrogens is 425 g/mol. The lowest BCUT2D eigenvalue weighted by Gasteiger charge is -2.27. The SMILES string of the molecule is O=C(Nc1cccc(-c2ccc(N3CCOCC3)nn2)c1)Nc1cc(Cl)ccc1Cl. The van der Waals surface area contributed by atoms with Gasteiger partial charge in [-0.2, -0.15) is 0 Å². The minimum atomic E-state index is -0.426. The number of nitrogens with one attached hydrogen (secondary N) is 2. The minimum Gasteiger partial charge on any atom is -0.378 e. The first-order chi connectivity index (χ1) is 14.6. The molecule has 30 heavy (non-hydrogen) atoms. The first kappa shape index (κ1) is 20.4. The number of morpholine rings is 1. The smallest absolute Gasteiger partial charge is 0.323 e. The Hall–Kier alpha value is -2.87. The monoisotopic (exact) mass is 443 g/mol. The van der Waals surface area contributed by atoms with Gasteiger partial charge in [0.15, 0.2) is 5.82 Å². The number of aromatic nitrogens is 2. The average molecular weight is 444 g/mol. The Bertz CT molecular complexity index is 1040. The van der Waals surface area contributed by atoms with Crippen molar-refractivity contribution < 1.29 is 9.53 Å². The molecule has 0 aliphatic carbocycles. The number of anilines is 3. The van der Waals surface area contributed by atoms with Crippen molar-refractivity contribution in [3.63, 3.8) is 0 Å². The molecule has 2 amide bonds. The Kier molecular flexibility index (Phi) is 6.32. The summed E-state index contributed by atoms with van der Waals surface area (Å²) in [5.41, 5.74) is 2.60. The maximum atomic E-state index is 12.3. The van der Waals surface area contributed by atoms with Crippen LogP contribution in [0, 0.1) is 0 Å². The van der Waals surface area contributed by atoms with E-state index in [4.69, 9.17) is 27.9 Å². The van der Waals surface area contributed by atoms with Crippen LogP contribution in [-0.4, -0.2) is 42.5 Å². The number of hydrogen-bond acceptors (Lipinski definition) is 5. The molecule has 2 aromatic carbocycles. The number of hydrogen-bond donors (Lipinski definition) is 2. The highest BCUT2D eigenvalue weighted by Crippen LogP contribution is 2.26. The van der Waals surface area contributed by atoms with Gasteiger partial charge in [-0.25, -0.2) is 4.79 Å². The molecule has 1 aliphatic heterocycles. The summed E-state index contributed by atoms with van der Waals surface area (Å²) in [6.45, 7) is 3.00. The van der Waals surface area contributed by atoms with E-state index in [-0.39, 0.29) is 0 Å². The van der Waals surface area contributed by atoms with Gasteiger partial charge in [0.05, 0.1) is 29.6 Å². The number of carbonyl (C=O) groups is 1. The van der Waals surface area contributed by atoms with Crippen LogP contribution in [0.5, 0.6) is 0 Å². The van der Waals surface area contributed by atoms with Crippen molar-refractivity contribution in [2.45, 2.75) is 0 Å². The summed E-state index contributed by atoms with van der Waals surface area (Å²) in [7, 11) is 0. The zero-order valence-electron chi connectivity index (χ0n) is 15.9. The van der Waals surface area contributed by atoms with Crippen LogP contribution < -0.4 is 15.5 Å². The van der Waals surface area contributed by atoms with Crippen LogP contribution in [0.2, 0.25) is 10.0 Å². The summed E-state index contributed by atoms with van der Waals surface area (Å²) in [6, 6.07) is 15.7. The second-order valence-electron chi connectivity index (χ2n) is 6.66. The summed E-state index contributed by atoms with van der Waals surface area (Å²) in [4.78, 5) is 14.5. The fraction of sp³-hybridized carbons (Fsp3) is 0.190. The number of urea groups is 1. The van der Waals surface area contributed by atoms with Gasteiger partial charge in [0.25, 0.3) is 0 Å². The molecule has 4 rings (SSSR count). The molecule has 0 atom stereocenters. The number of nitrogens with zero attached hydrogens (tertiary/aromatic N) is 3. The molecule has 7 nitrogen and oxygen atoms in total. The first-order valence-electron chi connectivity index (χ1n) is 9.38.